The molecule has 3 nitrogen and oxygen atoms in total. The largest absolute Gasteiger partial charge is 0.488 e. The molecule has 0 aromatic heterocycles. The van der Waals surface area contributed by atoms with E-state index in [0.717, 1.165) is 28.2 Å². The molecule has 0 saturated carbocycles. The van der Waals surface area contributed by atoms with E-state index in [1.165, 1.54) is 33.4 Å². The van der Waals surface area contributed by atoms with Gasteiger partial charge in [-0.15, -0.1) is 0 Å². The first kappa shape index (κ1) is 27.0. The van der Waals surface area contributed by atoms with E-state index in [2.05, 4.69) is 134 Å². The molecule has 0 amide bonds. The Morgan fingerprint density at radius 3 is 1.37 bits per heavy atom. The van der Waals surface area contributed by atoms with Crippen molar-refractivity contribution in [2.45, 2.75) is 19.3 Å². The minimum absolute atomic E-state index is 0.300. The van der Waals surface area contributed by atoms with Crippen molar-refractivity contribution in [3.8, 4) is 33.4 Å². The van der Waals surface area contributed by atoms with Crippen LogP contribution in [0.2, 0.25) is 0 Å². The van der Waals surface area contributed by atoms with E-state index in [4.69, 9.17) is 0 Å². The van der Waals surface area contributed by atoms with Crippen LogP contribution in [0.4, 0.5) is 17.1 Å². The minimum atomic E-state index is -1.49. The maximum atomic E-state index is 9.84. The molecule has 1 aliphatic carbocycles. The lowest BCUT2D eigenvalue weighted by atomic mass is 9.75. The zero-order valence-corrected chi connectivity index (χ0v) is 24.3. The first-order chi connectivity index (χ1) is 20.9. The second-order valence-corrected chi connectivity index (χ2v) is 11.7. The Balaban J connectivity index is 1.33. The van der Waals surface area contributed by atoms with Crippen LogP contribution >= 0.6 is 0 Å². The van der Waals surface area contributed by atoms with Crippen LogP contribution in [0.3, 0.4) is 0 Å². The third-order valence-corrected chi connectivity index (χ3v) is 8.71. The van der Waals surface area contributed by atoms with E-state index in [-0.39, 0.29) is 5.41 Å². The highest BCUT2D eigenvalue weighted by Gasteiger charge is 2.36. The van der Waals surface area contributed by atoms with Gasteiger partial charge in [0.15, 0.2) is 0 Å². The number of fused-ring (bicyclic) bond motifs is 3. The molecule has 6 aromatic rings. The molecule has 0 radical (unpaired) electrons. The number of benzene rings is 6. The summed E-state index contributed by atoms with van der Waals surface area (Å²) in [6.07, 6.45) is 0. The summed E-state index contributed by atoms with van der Waals surface area (Å²) in [7, 11) is -1.49. The van der Waals surface area contributed by atoms with Crippen molar-refractivity contribution >= 4 is 29.6 Å². The Morgan fingerprint density at radius 2 is 0.884 bits per heavy atom. The van der Waals surface area contributed by atoms with Crippen LogP contribution in [0.15, 0.2) is 146 Å². The van der Waals surface area contributed by atoms with Gasteiger partial charge in [0, 0.05) is 22.5 Å². The van der Waals surface area contributed by atoms with Crippen LogP contribution in [0.25, 0.3) is 33.4 Å². The highest BCUT2D eigenvalue weighted by molar-refractivity contribution is 6.58. The first-order valence-electron chi connectivity index (χ1n) is 14.7. The van der Waals surface area contributed by atoms with Gasteiger partial charge in [-0.25, -0.2) is 0 Å². The van der Waals surface area contributed by atoms with Crippen LogP contribution in [-0.2, 0) is 5.41 Å². The Hall–Kier alpha value is -4.90. The summed E-state index contributed by atoms with van der Waals surface area (Å²) in [5.41, 5.74) is 12.8. The van der Waals surface area contributed by atoms with Crippen molar-refractivity contribution in [2.24, 2.45) is 0 Å². The monoisotopic (exact) mass is 557 g/mol. The van der Waals surface area contributed by atoms with E-state index < -0.39 is 7.12 Å². The lowest BCUT2D eigenvalue weighted by molar-refractivity contribution is 0.425. The zero-order valence-electron chi connectivity index (χ0n) is 24.3. The maximum Gasteiger partial charge on any atom is 0.488 e. The number of anilines is 3. The van der Waals surface area contributed by atoms with Gasteiger partial charge in [-0.2, -0.15) is 0 Å². The number of rotatable bonds is 6. The first-order valence-corrected chi connectivity index (χ1v) is 14.7. The average molecular weight is 558 g/mol. The molecule has 0 unspecified atom stereocenters. The van der Waals surface area contributed by atoms with Crippen molar-refractivity contribution in [3.63, 3.8) is 0 Å². The summed E-state index contributed by atoms with van der Waals surface area (Å²) in [5, 5.41) is 19.7. The number of hydrogen-bond acceptors (Lipinski definition) is 3. The lowest BCUT2D eigenvalue weighted by Gasteiger charge is -2.28. The summed E-state index contributed by atoms with van der Waals surface area (Å²) >= 11 is 0. The van der Waals surface area contributed by atoms with Gasteiger partial charge in [0.25, 0.3) is 0 Å². The average Bonchev–Trinajstić information content (AvgIpc) is 3.28. The fourth-order valence-corrected chi connectivity index (χ4v) is 6.36. The SMILES string of the molecule is CC1(C)c2cc(B(O)O)ccc2-c2ccc(N(c3ccc(-c4ccccc4)cc3)c3ccc(-c4ccccc4)cc3)cc21. The summed E-state index contributed by atoms with van der Waals surface area (Å²) in [5.74, 6) is 0. The molecule has 1 aliphatic rings. The molecule has 7 rings (SSSR count). The van der Waals surface area contributed by atoms with Gasteiger partial charge >= 0.3 is 7.12 Å². The highest BCUT2D eigenvalue weighted by atomic mass is 16.4. The van der Waals surface area contributed by atoms with Crippen LogP contribution < -0.4 is 10.4 Å². The van der Waals surface area contributed by atoms with E-state index >= 15 is 0 Å². The zero-order chi connectivity index (χ0) is 29.6. The third-order valence-electron chi connectivity index (χ3n) is 8.71. The van der Waals surface area contributed by atoms with Gasteiger partial charge in [-0.1, -0.05) is 123 Å². The summed E-state index contributed by atoms with van der Waals surface area (Å²) in [4.78, 5) is 2.31. The van der Waals surface area contributed by atoms with Crippen molar-refractivity contribution in [1.82, 2.24) is 0 Å². The Kier molecular flexibility index (Phi) is 6.74. The molecule has 0 bridgehead atoms. The molecule has 6 aromatic carbocycles. The van der Waals surface area contributed by atoms with Crippen LogP contribution in [-0.4, -0.2) is 17.2 Å². The normalized spacial score (nSPS) is 12.8. The second-order valence-electron chi connectivity index (χ2n) is 11.7. The number of nitrogens with zero attached hydrogens (tertiary/aromatic N) is 1. The highest BCUT2D eigenvalue weighted by Crippen LogP contribution is 2.50. The van der Waals surface area contributed by atoms with Crippen molar-refractivity contribution in [3.05, 3.63) is 157 Å². The fourth-order valence-electron chi connectivity index (χ4n) is 6.36. The Bertz CT molecular complexity index is 1820. The molecule has 43 heavy (non-hydrogen) atoms. The molecule has 208 valence electrons. The van der Waals surface area contributed by atoms with Crippen molar-refractivity contribution < 1.29 is 10.0 Å². The van der Waals surface area contributed by atoms with Gasteiger partial charge in [-0.05, 0) is 86.4 Å². The molecule has 0 spiro atoms. The summed E-state index contributed by atoms with van der Waals surface area (Å²) < 4.78 is 0. The predicted octanol–water partition coefficient (Wildman–Crippen LogP) is 8.48. The van der Waals surface area contributed by atoms with Crippen LogP contribution in [0.5, 0.6) is 0 Å². The fraction of sp³-hybridized carbons (Fsp3) is 0.0769. The Labute approximate surface area is 253 Å². The smallest absolute Gasteiger partial charge is 0.423 e. The van der Waals surface area contributed by atoms with E-state index in [1.807, 2.05) is 24.3 Å². The van der Waals surface area contributed by atoms with E-state index in [1.54, 1.807) is 6.07 Å². The van der Waals surface area contributed by atoms with Gasteiger partial charge in [0.1, 0.15) is 0 Å². The summed E-state index contributed by atoms with van der Waals surface area (Å²) in [6.45, 7) is 4.42. The minimum Gasteiger partial charge on any atom is -0.423 e. The van der Waals surface area contributed by atoms with E-state index in [0.29, 0.717) is 5.46 Å². The molecule has 2 N–H and O–H groups in total. The van der Waals surface area contributed by atoms with Gasteiger partial charge < -0.3 is 14.9 Å². The molecule has 0 aliphatic heterocycles. The molecule has 0 atom stereocenters. The lowest BCUT2D eigenvalue weighted by Crippen LogP contribution is -2.31. The van der Waals surface area contributed by atoms with Crippen molar-refractivity contribution in [2.75, 3.05) is 4.90 Å². The topological polar surface area (TPSA) is 43.7 Å². The third kappa shape index (κ3) is 4.85. The van der Waals surface area contributed by atoms with E-state index in [9.17, 15) is 10.0 Å². The molecule has 4 heteroatoms. The summed E-state index contributed by atoms with van der Waals surface area (Å²) in [6, 6.07) is 50.8. The van der Waals surface area contributed by atoms with Gasteiger partial charge in [0.2, 0.25) is 0 Å². The Morgan fingerprint density at radius 1 is 0.465 bits per heavy atom. The molecular weight excluding hydrogens is 525 g/mol. The molecule has 0 fully saturated rings. The quantitative estimate of drug-likeness (QED) is 0.202. The van der Waals surface area contributed by atoms with Crippen LogP contribution in [0.1, 0.15) is 25.0 Å². The van der Waals surface area contributed by atoms with Crippen LogP contribution in [0, 0.1) is 0 Å². The number of hydrogen-bond donors (Lipinski definition) is 2. The second kappa shape index (κ2) is 10.7. The maximum absolute atomic E-state index is 9.84. The van der Waals surface area contributed by atoms with Gasteiger partial charge in [0.05, 0.1) is 0 Å². The molecule has 0 heterocycles. The van der Waals surface area contributed by atoms with Gasteiger partial charge in [-0.3, -0.25) is 0 Å². The molecule has 0 saturated heterocycles. The van der Waals surface area contributed by atoms with Crippen molar-refractivity contribution in [1.29, 1.82) is 0 Å². The predicted molar refractivity (Wildman–Crippen MR) is 179 cm³/mol. The molecular formula is C39H32BNO2. The standard InChI is InChI=1S/C39H32BNO2/c1-39(2)37-25-31(40(42)43)17-23-35(37)36-24-22-34(26-38(36)39)41(32-18-13-29(14-19-32)27-9-5-3-6-10-27)33-20-15-30(16-21-33)28-11-7-4-8-12-28/h3-26,42-43H,1-2H3.